The van der Waals surface area contributed by atoms with Crippen LogP contribution in [0.3, 0.4) is 0 Å². The summed E-state index contributed by atoms with van der Waals surface area (Å²) in [5, 5.41) is 9.49. The van der Waals surface area contributed by atoms with Crippen LogP contribution in [0.4, 0.5) is 13.2 Å². The van der Waals surface area contributed by atoms with E-state index >= 15 is 0 Å². The number of benzene rings is 3. The summed E-state index contributed by atoms with van der Waals surface area (Å²) >= 11 is 3.06. The molecule has 0 aliphatic carbocycles. The molecule has 1 heterocycles. The standard InChI is InChI=1S/C28H24F3NO4S2/c1-17-13-22(11-12-24(17)36-15-26(33)34)37-16-25-23(14-18-3-9-21(35-2)10-4-18)32-27(38-25)19-5-7-20(8-6-19)28(29,30)31/h3-13H,14-16H2,1-2H3,(H,33,34). The van der Waals surface area contributed by atoms with Crippen molar-refractivity contribution in [3.8, 4) is 22.1 Å². The number of nitrogens with zero attached hydrogens (tertiary/aromatic N) is 1. The molecule has 38 heavy (non-hydrogen) atoms. The van der Waals surface area contributed by atoms with Crippen LogP contribution in [0.25, 0.3) is 10.6 Å². The lowest BCUT2D eigenvalue weighted by atomic mass is 10.1. The van der Waals surface area contributed by atoms with E-state index in [0.717, 1.165) is 44.5 Å². The number of thioether (sulfide) groups is 1. The van der Waals surface area contributed by atoms with Crippen LogP contribution in [0, 0.1) is 6.92 Å². The van der Waals surface area contributed by atoms with Crippen molar-refractivity contribution < 1.29 is 32.5 Å². The number of aromatic nitrogens is 1. The molecule has 5 nitrogen and oxygen atoms in total. The maximum absolute atomic E-state index is 13.0. The van der Waals surface area contributed by atoms with Gasteiger partial charge in [0.25, 0.3) is 0 Å². The molecule has 0 radical (unpaired) electrons. The van der Waals surface area contributed by atoms with Crippen molar-refractivity contribution in [3.63, 3.8) is 0 Å². The van der Waals surface area contributed by atoms with Crippen molar-refractivity contribution >= 4 is 29.1 Å². The number of alkyl halides is 3. The second-order valence-corrected chi connectivity index (χ2v) is 10.5. The molecule has 0 spiro atoms. The first kappa shape index (κ1) is 27.5. The summed E-state index contributed by atoms with van der Waals surface area (Å²) in [6, 6.07) is 18.3. The molecule has 0 unspecified atom stereocenters. The van der Waals surface area contributed by atoms with Crippen LogP contribution in [-0.4, -0.2) is 29.8 Å². The number of methoxy groups -OCH3 is 1. The van der Waals surface area contributed by atoms with Gasteiger partial charge in [-0.15, -0.1) is 23.1 Å². The summed E-state index contributed by atoms with van der Waals surface area (Å²) < 4.78 is 49.6. The van der Waals surface area contributed by atoms with Crippen LogP contribution in [0.2, 0.25) is 0 Å². The predicted octanol–water partition coefficient (Wildman–Crippen LogP) is 7.49. The molecule has 0 atom stereocenters. The van der Waals surface area contributed by atoms with E-state index in [2.05, 4.69) is 0 Å². The summed E-state index contributed by atoms with van der Waals surface area (Å²) in [6.45, 7) is 1.45. The number of thiazole rings is 1. The van der Waals surface area contributed by atoms with Gasteiger partial charge in [-0.05, 0) is 60.5 Å². The molecule has 0 amide bonds. The zero-order valence-corrected chi connectivity index (χ0v) is 22.2. The van der Waals surface area contributed by atoms with E-state index in [4.69, 9.17) is 19.6 Å². The molecule has 4 aromatic rings. The minimum absolute atomic E-state index is 0.407. The molecular weight excluding hydrogens is 535 g/mol. The highest BCUT2D eigenvalue weighted by atomic mass is 32.2. The van der Waals surface area contributed by atoms with E-state index in [1.807, 2.05) is 43.3 Å². The molecule has 0 aliphatic rings. The number of carboxylic acid groups (broad SMARTS) is 1. The third-order valence-electron chi connectivity index (χ3n) is 5.64. The maximum Gasteiger partial charge on any atom is 0.416 e. The minimum atomic E-state index is -4.39. The largest absolute Gasteiger partial charge is 0.497 e. The number of halogens is 3. The Morgan fingerprint density at radius 2 is 1.76 bits per heavy atom. The summed E-state index contributed by atoms with van der Waals surface area (Å²) in [6.07, 6.45) is -3.83. The fraction of sp³-hybridized carbons (Fsp3) is 0.214. The number of carboxylic acids is 1. The molecular formula is C28H24F3NO4S2. The Kier molecular flexibility index (Phi) is 8.63. The average Bonchev–Trinajstić information content (AvgIpc) is 3.29. The van der Waals surface area contributed by atoms with Gasteiger partial charge in [0.05, 0.1) is 18.4 Å². The van der Waals surface area contributed by atoms with E-state index in [1.165, 1.54) is 23.5 Å². The minimum Gasteiger partial charge on any atom is -0.497 e. The quantitative estimate of drug-likeness (QED) is 0.203. The Labute approximate surface area is 226 Å². The second-order valence-electron chi connectivity index (χ2n) is 8.39. The van der Waals surface area contributed by atoms with Gasteiger partial charge < -0.3 is 14.6 Å². The highest BCUT2D eigenvalue weighted by Crippen LogP contribution is 2.36. The van der Waals surface area contributed by atoms with Gasteiger partial charge in [0.1, 0.15) is 16.5 Å². The second kappa shape index (κ2) is 11.9. The maximum atomic E-state index is 13.0. The van der Waals surface area contributed by atoms with Crippen molar-refractivity contribution in [1.29, 1.82) is 0 Å². The van der Waals surface area contributed by atoms with Gasteiger partial charge in [-0.1, -0.05) is 24.3 Å². The molecule has 3 aromatic carbocycles. The third kappa shape index (κ3) is 7.08. The van der Waals surface area contributed by atoms with Gasteiger partial charge >= 0.3 is 12.1 Å². The topological polar surface area (TPSA) is 68.7 Å². The summed E-state index contributed by atoms with van der Waals surface area (Å²) in [4.78, 5) is 17.6. The molecule has 0 bridgehead atoms. The number of rotatable bonds is 10. The van der Waals surface area contributed by atoms with Crippen LogP contribution in [0.1, 0.15) is 27.3 Å². The van der Waals surface area contributed by atoms with E-state index < -0.39 is 24.3 Å². The molecule has 1 aromatic heterocycles. The van der Waals surface area contributed by atoms with Crippen LogP contribution >= 0.6 is 23.1 Å². The Bertz CT molecular complexity index is 1400. The van der Waals surface area contributed by atoms with Crippen molar-refractivity contribution in [2.24, 2.45) is 0 Å². The fourth-order valence-electron chi connectivity index (χ4n) is 3.66. The normalized spacial score (nSPS) is 11.4. The zero-order chi connectivity index (χ0) is 27.3. The van der Waals surface area contributed by atoms with E-state index in [1.54, 1.807) is 24.9 Å². The number of hydrogen-bond donors (Lipinski definition) is 1. The van der Waals surface area contributed by atoms with Crippen LogP contribution < -0.4 is 9.47 Å². The molecule has 0 aliphatic heterocycles. The van der Waals surface area contributed by atoms with Crippen molar-refractivity contribution in [2.75, 3.05) is 13.7 Å². The van der Waals surface area contributed by atoms with Crippen LogP contribution in [-0.2, 0) is 23.1 Å². The van der Waals surface area contributed by atoms with Gasteiger partial charge in [-0.2, -0.15) is 13.2 Å². The summed E-state index contributed by atoms with van der Waals surface area (Å²) in [5.74, 6) is 0.832. The Morgan fingerprint density at radius 3 is 2.37 bits per heavy atom. The monoisotopic (exact) mass is 559 g/mol. The molecule has 0 saturated heterocycles. The lowest BCUT2D eigenvalue weighted by molar-refractivity contribution is -0.139. The Morgan fingerprint density at radius 1 is 1.05 bits per heavy atom. The molecule has 0 saturated carbocycles. The van der Waals surface area contributed by atoms with Crippen molar-refractivity contribution in [1.82, 2.24) is 4.98 Å². The molecule has 4 rings (SSSR count). The summed E-state index contributed by atoms with van der Waals surface area (Å²) in [5.41, 5.74) is 2.66. The number of hydrogen-bond acceptors (Lipinski definition) is 6. The van der Waals surface area contributed by atoms with Crippen molar-refractivity contribution in [2.45, 2.75) is 30.2 Å². The highest BCUT2D eigenvalue weighted by molar-refractivity contribution is 7.98. The third-order valence-corrected chi connectivity index (χ3v) is 7.99. The molecule has 198 valence electrons. The van der Waals surface area contributed by atoms with Gasteiger partial charge in [0, 0.05) is 27.5 Å². The van der Waals surface area contributed by atoms with Crippen molar-refractivity contribution in [3.05, 3.63) is 94.0 Å². The van der Waals surface area contributed by atoms with Gasteiger partial charge in [0.2, 0.25) is 0 Å². The number of aliphatic carboxylic acids is 1. The van der Waals surface area contributed by atoms with Crippen LogP contribution in [0.5, 0.6) is 11.5 Å². The zero-order valence-electron chi connectivity index (χ0n) is 20.5. The molecule has 10 heteroatoms. The summed E-state index contributed by atoms with van der Waals surface area (Å²) in [7, 11) is 1.60. The predicted molar refractivity (Wildman–Crippen MR) is 142 cm³/mol. The lowest BCUT2D eigenvalue weighted by Gasteiger charge is -2.09. The smallest absolute Gasteiger partial charge is 0.416 e. The van der Waals surface area contributed by atoms with E-state index in [-0.39, 0.29) is 0 Å². The highest BCUT2D eigenvalue weighted by Gasteiger charge is 2.30. The SMILES string of the molecule is COc1ccc(Cc2nc(-c3ccc(C(F)(F)F)cc3)sc2CSc2ccc(OCC(=O)O)c(C)c2)cc1. The number of ether oxygens (including phenoxy) is 2. The lowest BCUT2D eigenvalue weighted by Crippen LogP contribution is -2.09. The first-order valence-electron chi connectivity index (χ1n) is 11.5. The average molecular weight is 560 g/mol. The molecule has 0 fully saturated rings. The Hall–Kier alpha value is -3.50. The Balaban J connectivity index is 1.57. The first-order chi connectivity index (χ1) is 18.1. The molecule has 1 N–H and O–H groups in total. The number of carbonyl (C=O) groups is 1. The van der Waals surface area contributed by atoms with E-state index in [9.17, 15) is 18.0 Å². The van der Waals surface area contributed by atoms with Crippen LogP contribution in [0.15, 0.2) is 71.6 Å². The number of aryl methyl sites for hydroxylation is 1. The fourth-order valence-corrected chi connectivity index (χ4v) is 5.84. The van der Waals surface area contributed by atoms with E-state index in [0.29, 0.717) is 28.5 Å². The van der Waals surface area contributed by atoms with Gasteiger partial charge in [0.15, 0.2) is 6.61 Å². The van der Waals surface area contributed by atoms with Gasteiger partial charge in [-0.3, -0.25) is 0 Å². The van der Waals surface area contributed by atoms with Gasteiger partial charge in [-0.25, -0.2) is 9.78 Å². The first-order valence-corrected chi connectivity index (χ1v) is 13.3.